The van der Waals surface area contributed by atoms with Gasteiger partial charge in [-0.1, -0.05) is 13.8 Å². The molecular formula is C17H23N5O3. The summed E-state index contributed by atoms with van der Waals surface area (Å²) in [6, 6.07) is 0. The molecule has 3 heterocycles. The van der Waals surface area contributed by atoms with Crippen LogP contribution >= 0.6 is 0 Å². The fraction of sp³-hybridized carbons (Fsp3) is 0.706. The van der Waals surface area contributed by atoms with Crippen molar-refractivity contribution >= 4 is 5.91 Å². The maximum atomic E-state index is 12.5. The number of carbonyl (C=O) groups is 1. The van der Waals surface area contributed by atoms with Gasteiger partial charge in [-0.05, 0) is 0 Å². The summed E-state index contributed by atoms with van der Waals surface area (Å²) in [6.07, 6.45) is 7.24. The van der Waals surface area contributed by atoms with E-state index in [9.17, 15) is 4.79 Å². The van der Waals surface area contributed by atoms with Gasteiger partial charge in [0.1, 0.15) is 0 Å². The molecule has 1 atom stereocenters. The summed E-state index contributed by atoms with van der Waals surface area (Å²) in [7, 11) is 0. The Morgan fingerprint density at radius 3 is 2.84 bits per heavy atom. The summed E-state index contributed by atoms with van der Waals surface area (Å²) < 4.78 is 11.3. The van der Waals surface area contributed by atoms with Crippen LogP contribution in [0.4, 0.5) is 0 Å². The van der Waals surface area contributed by atoms with Crippen molar-refractivity contribution < 1.29 is 13.9 Å². The smallest absolute Gasteiger partial charge is 0.247 e. The summed E-state index contributed by atoms with van der Waals surface area (Å²) in [4.78, 5) is 14.3. The zero-order valence-corrected chi connectivity index (χ0v) is 14.6. The Bertz CT molecular complexity index is 685. The van der Waals surface area contributed by atoms with Crippen LogP contribution in [0.15, 0.2) is 14.6 Å². The monoisotopic (exact) mass is 345 g/mol. The van der Waals surface area contributed by atoms with Gasteiger partial charge < -0.3 is 14.1 Å². The average Bonchev–Trinajstić information content (AvgIpc) is 3.21. The van der Waals surface area contributed by atoms with Gasteiger partial charge >= 0.3 is 0 Å². The third-order valence-corrected chi connectivity index (χ3v) is 4.44. The Kier molecular flexibility index (Phi) is 5.13. The van der Waals surface area contributed by atoms with Crippen molar-refractivity contribution in [1.82, 2.24) is 15.1 Å². The lowest BCUT2D eigenvalue weighted by molar-refractivity contribution is -0.140. The number of aromatic nitrogens is 2. The van der Waals surface area contributed by atoms with E-state index in [4.69, 9.17) is 15.6 Å². The van der Waals surface area contributed by atoms with Crippen LogP contribution in [-0.2, 0) is 9.53 Å². The van der Waals surface area contributed by atoms with E-state index in [-0.39, 0.29) is 17.9 Å². The predicted octanol–water partition coefficient (Wildman–Crippen LogP) is 2.45. The van der Waals surface area contributed by atoms with Crippen LogP contribution in [0.1, 0.15) is 63.3 Å². The Labute approximate surface area is 147 Å². The number of hydrogen-bond acceptors (Lipinski definition) is 7. The van der Waals surface area contributed by atoms with Crippen molar-refractivity contribution in [1.29, 1.82) is 0 Å². The van der Waals surface area contributed by atoms with Crippen LogP contribution < -0.4 is 0 Å². The Morgan fingerprint density at radius 2 is 2.20 bits per heavy atom. The zero-order chi connectivity index (χ0) is 17.9. The third kappa shape index (κ3) is 4.23. The summed E-state index contributed by atoms with van der Waals surface area (Å²) in [6.45, 7) is 5.40. The lowest BCUT2D eigenvalue weighted by atomic mass is 10.0. The van der Waals surface area contributed by atoms with Gasteiger partial charge in [-0.2, -0.15) is 10.2 Å². The van der Waals surface area contributed by atoms with Crippen molar-refractivity contribution in [3.05, 3.63) is 11.8 Å². The molecule has 0 spiro atoms. The van der Waals surface area contributed by atoms with Crippen LogP contribution in [0.25, 0.3) is 0 Å². The largest absolute Gasteiger partial charge is 0.422 e. The first-order valence-corrected chi connectivity index (χ1v) is 8.63. The van der Waals surface area contributed by atoms with E-state index >= 15 is 0 Å². The van der Waals surface area contributed by atoms with Crippen LogP contribution in [0.5, 0.6) is 0 Å². The molecule has 134 valence electrons. The zero-order valence-electron chi connectivity index (χ0n) is 14.6. The topological polar surface area (TPSA) is 93.2 Å². The van der Waals surface area contributed by atoms with Gasteiger partial charge in [0, 0.05) is 38.1 Å². The SMILES string of the molecule is C#CCCC1(CCC(=O)N2CCOC(c3nnc(C(C)C)o3)C2)N=N1. The molecule has 8 heteroatoms. The third-order valence-electron chi connectivity index (χ3n) is 4.44. The van der Waals surface area contributed by atoms with Crippen molar-refractivity contribution in [2.24, 2.45) is 10.2 Å². The second-order valence-corrected chi connectivity index (χ2v) is 6.72. The maximum absolute atomic E-state index is 12.5. The summed E-state index contributed by atoms with van der Waals surface area (Å²) >= 11 is 0. The normalized spacial score (nSPS) is 21.4. The number of terminal acetylenes is 1. The van der Waals surface area contributed by atoms with Gasteiger partial charge in [-0.3, -0.25) is 4.79 Å². The van der Waals surface area contributed by atoms with Crippen LogP contribution in [0, 0.1) is 12.3 Å². The molecule has 0 aromatic carbocycles. The van der Waals surface area contributed by atoms with Crippen molar-refractivity contribution in [2.75, 3.05) is 19.7 Å². The quantitative estimate of drug-likeness (QED) is 0.708. The lowest BCUT2D eigenvalue weighted by Gasteiger charge is -2.31. The average molecular weight is 345 g/mol. The summed E-state index contributed by atoms with van der Waals surface area (Å²) in [5.41, 5.74) is -0.424. The molecule has 3 rings (SSSR count). The Morgan fingerprint density at radius 1 is 1.40 bits per heavy atom. The second-order valence-electron chi connectivity index (χ2n) is 6.72. The molecule has 1 amide bonds. The molecule has 0 N–H and O–H groups in total. The highest BCUT2D eigenvalue weighted by atomic mass is 16.5. The van der Waals surface area contributed by atoms with Gasteiger partial charge in [0.25, 0.3) is 0 Å². The molecule has 1 saturated heterocycles. The maximum Gasteiger partial charge on any atom is 0.247 e. The number of amides is 1. The first-order chi connectivity index (χ1) is 12.0. The van der Waals surface area contributed by atoms with Gasteiger partial charge in [-0.25, -0.2) is 0 Å². The highest BCUT2D eigenvalue weighted by molar-refractivity contribution is 5.76. The van der Waals surface area contributed by atoms with Gasteiger partial charge in [0.05, 0.1) is 13.2 Å². The fourth-order valence-electron chi connectivity index (χ4n) is 2.77. The molecule has 1 aromatic rings. The number of nitrogens with zero attached hydrogens (tertiary/aromatic N) is 5. The minimum atomic E-state index is -0.424. The molecule has 1 unspecified atom stereocenters. The van der Waals surface area contributed by atoms with Crippen molar-refractivity contribution in [2.45, 2.75) is 57.2 Å². The van der Waals surface area contributed by atoms with E-state index in [0.29, 0.717) is 57.2 Å². The van der Waals surface area contributed by atoms with E-state index < -0.39 is 5.66 Å². The van der Waals surface area contributed by atoms with E-state index in [1.807, 2.05) is 13.8 Å². The standard InChI is InChI=1S/C17H23N5O3/c1-4-5-7-17(20-21-17)8-6-14(23)22-9-10-24-13(11-22)16-19-18-15(25-16)12(2)3/h1,12-13H,5-11H2,2-3H3. The van der Waals surface area contributed by atoms with Gasteiger partial charge in [0.2, 0.25) is 17.7 Å². The molecular weight excluding hydrogens is 322 g/mol. The van der Waals surface area contributed by atoms with E-state index in [0.717, 1.165) is 0 Å². The minimum Gasteiger partial charge on any atom is -0.422 e. The predicted molar refractivity (Wildman–Crippen MR) is 88.5 cm³/mol. The molecule has 0 radical (unpaired) electrons. The highest BCUT2D eigenvalue weighted by Gasteiger charge is 2.40. The van der Waals surface area contributed by atoms with Gasteiger partial charge in [-0.15, -0.1) is 22.5 Å². The van der Waals surface area contributed by atoms with Crippen molar-refractivity contribution in [3.63, 3.8) is 0 Å². The number of rotatable bonds is 7. The molecule has 25 heavy (non-hydrogen) atoms. The number of carbonyl (C=O) groups excluding carboxylic acids is 1. The van der Waals surface area contributed by atoms with E-state index in [2.05, 4.69) is 26.3 Å². The van der Waals surface area contributed by atoms with Crippen LogP contribution in [0.3, 0.4) is 0 Å². The molecule has 1 aromatic heterocycles. The Balaban J connectivity index is 1.52. The molecule has 0 saturated carbocycles. The van der Waals surface area contributed by atoms with Crippen LogP contribution in [0.2, 0.25) is 0 Å². The molecule has 1 fully saturated rings. The van der Waals surface area contributed by atoms with Crippen LogP contribution in [-0.4, -0.2) is 46.4 Å². The van der Waals surface area contributed by atoms with Gasteiger partial charge in [0.15, 0.2) is 11.8 Å². The molecule has 0 aliphatic carbocycles. The van der Waals surface area contributed by atoms with E-state index in [1.165, 1.54) is 0 Å². The molecule has 8 nitrogen and oxygen atoms in total. The summed E-state index contributed by atoms with van der Waals surface area (Å²) in [5, 5.41) is 16.2. The highest BCUT2D eigenvalue weighted by Crippen LogP contribution is 2.37. The molecule has 2 aliphatic heterocycles. The first-order valence-electron chi connectivity index (χ1n) is 8.63. The summed E-state index contributed by atoms with van der Waals surface area (Å²) in [5.74, 6) is 3.83. The fourth-order valence-corrected chi connectivity index (χ4v) is 2.77. The lowest BCUT2D eigenvalue weighted by Crippen LogP contribution is -2.42. The molecule has 2 aliphatic rings. The Hall–Kier alpha value is -2.27. The first kappa shape index (κ1) is 17.5. The van der Waals surface area contributed by atoms with Crippen molar-refractivity contribution in [3.8, 4) is 12.3 Å². The number of hydrogen-bond donors (Lipinski definition) is 0. The number of morpholine rings is 1. The second kappa shape index (κ2) is 7.31. The molecule has 0 bridgehead atoms. The minimum absolute atomic E-state index is 0.0641. The number of ether oxygens (including phenoxy) is 1. The van der Waals surface area contributed by atoms with E-state index in [1.54, 1.807) is 4.90 Å².